The third-order valence-corrected chi connectivity index (χ3v) is 3.05. The fourth-order valence-electron chi connectivity index (χ4n) is 1.92. The van der Waals surface area contributed by atoms with Crippen LogP contribution in [0.25, 0.3) is 0 Å². The SMILES string of the molecule is COC(=O)CCN(C)c1ccc(OC)c(C)c1OC. The summed E-state index contributed by atoms with van der Waals surface area (Å²) in [6.45, 7) is 2.50. The van der Waals surface area contributed by atoms with Gasteiger partial charge >= 0.3 is 5.97 Å². The Bertz CT molecular complexity index is 445. The quantitative estimate of drug-likeness (QED) is 0.738. The molecule has 19 heavy (non-hydrogen) atoms. The lowest BCUT2D eigenvalue weighted by atomic mass is 10.1. The van der Waals surface area contributed by atoms with Crippen LogP contribution in [0.5, 0.6) is 11.5 Å². The van der Waals surface area contributed by atoms with Crippen LogP contribution in [-0.4, -0.2) is 40.9 Å². The normalized spacial score (nSPS) is 9.95. The lowest BCUT2D eigenvalue weighted by Gasteiger charge is -2.23. The first-order valence-corrected chi connectivity index (χ1v) is 6.04. The molecular formula is C14H21NO4. The maximum Gasteiger partial charge on any atom is 0.307 e. The highest BCUT2D eigenvalue weighted by molar-refractivity contribution is 5.71. The molecule has 106 valence electrons. The highest BCUT2D eigenvalue weighted by atomic mass is 16.5. The first-order valence-electron chi connectivity index (χ1n) is 6.04. The van der Waals surface area contributed by atoms with Crippen molar-refractivity contribution in [2.75, 3.05) is 39.8 Å². The standard InChI is InChI=1S/C14H21NO4/c1-10-12(17-3)7-6-11(14(10)19-5)15(2)9-8-13(16)18-4/h6-7H,8-9H2,1-5H3. The van der Waals surface area contributed by atoms with Crippen molar-refractivity contribution in [3.63, 3.8) is 0 Å². The lowest BCUT2D eigenvalue weighted by Crippen LogP contribution is -2.22. The Morgan fingerprint density at radius 3 is 2.42 bits per heavy atom. The van der Waals surface area contributed by atoms with E-state index in [1.54, 1.807) is 14.2 Å². The van der Waals surface area contributed by atoms with E-state index in [9.17, 15) is 4.79 Å². The second-order valence-corrected chi connectivity index (χ2v) is 4.19. The molecule has 0 atom stereocenters. The van der Waals surface area contributed by atoms with Gasteiger partial charge in [0.25, 0.3) is 0 Å². The second-order valence-electron chi connectivity index (χ2n) is 4.19. The average Bonchev–Trinajstić information content (AvgIpc) is 2.43. The van der Waals surface area contributed by atoms with E-state index >= 15 is 0 Å². The minimum absolute atomic E-state index is 0.226. The van der Waals surface area contributed by atoms with Crippen LogP contribution in [0.2, 0.25) is 0 Å². The summed E-state index contributed by atoms with van der Waals surface area (Å²) in [4.78, 5) is 13.1. The van der Waals surface area contributed by atoms with Gasteiger partial charge < -0.3 is 19.1 Å². The number of nitrogens with zero attached hydrogens (tertiary/aromatic N) is 1. The van der Waals surface area contributed by atoms with E-state index < -0.39 is 0 Å². The van der Waals surface area contributed by atoms with E-state index in [0.29, 0.717) is 13.0 Å². The highest BCUT2D eigenvalue weighted by Crippen LogP contribution is 2.36. The third-order valence-electron chi connectivity index (χ3n) is 3.05. The molecule has 0 heterocycles. The molecule has 0 aromatic heterocycles. The molecule has 0 saturated heterocycles. The van der Waals surface area contributed by atoms with Crippen LogP contribution in [0.15, 0.2) is 12.1 Å². The lowest BCUT2D eigenvalue weighted by molar-refractivity contribution is -0.140. The summed E-state index contributed by atoms with van der Waals surface area (Å²) in [5.41, 5.74) is 1.86. The van der Waals surface area contributed by atoms with Crippen molar-refractivity contribution in [2.45, 2.75) is 13.3 Å². The topological polar surface area (TPSA) is 48.0 Å². The molecule has 5 heteroatoms. The molecular weight excluding hydrogens is 246 g/mol. The van der Waals surface area contributed by atoms with Crippen molar-refractivity contribution in [3.05, 3.63) is 17.7 Å². The number of esters is 1. The van der Waals surface area contributed by atoms with Crippen molar-refractivity contribution >= 4 is 11.7 Å². The summed E-state index contributed by atoms with van der Waals surface area (Å²) in [6.07, 6.45) is 0.335. The zero-order valence-electron chi connectivity index (χ0n) is 12.1. The van der Waals surface area contributed by atoms with Crippen molar-refractivity contribution in [1.29, 1.82) is 0 Å². The largest absolute Gasteiger partial charge is 0.496 e. The first kappa shape index (κ1) is 15.1. The van der Waals surface area contributed by atoms with Gasteiger partial charge in [-0.25, -0.2) is 0 Å². The molecule has 1 aromatic rings. The molecule has 0 spiro atoms. The molecule has 0 fully saturated rings. The number of carbonyl (C=O) groups is 1. The van der Waals surface area contributed by atoms with E-state index in [-0.39, 0.29) is 5.97 Å². The Morgan fingerprint density at radius 2 is 1.89 bits per heavy atom. The van der Waals surface area contributed by atoms with Crippen molar-refractivity contribution < 1.29 is 19.0 Å². The van der Waals surface area contributed by atoms with Gasteiger partial charge in [0.1, 0.15) is 11.5 Å². The molecule has 0 saturated carbocycles. The molecule has 0 amide bonds. The Kier molecular flexibility index (Phi) is 5.48. The van der Waals surface area contributed by atoms with E-state index in [1.807, 2.05) is 31.0 Å². The van der Waals surface area contributed by atoms with Crippen LogP contribution in [0.4, 0.5) is 5.69 Å². The number of methoxy groups -OCH3 is 3. The predicted molar refractivity (Wildman–Crippen MR) is 74.2 cm³/mol. The van der Waals surface area contributed by atoms with Crippen LogP contribution >= 0.6 is 0 Å². The molecule has 1 rings (SSSR count). The maximum atomic E-state index is 11.2. The van der Waals surface area contributed by atoms with E-state index in [4.69, 9.17) is 9.47 Å². The van der Waals surface area contributed by atoms with Crippen molar-refractivity contribution in [2.24, 2.45) is 0 Å². The molecule has 0 unspecified atom stereocenters. The van der Waals surface area contributed by atoms with Crippen LogP contribution in [-0.2, 0) is 9.53 Å². The fraction of sp³-hybridized carbons (Fsp3) is 0.500. The minimum Gasteiger partial charge on any atom is -0.496 e. The molecule has 1 aromatic carbocycles. The average molecular weight is 267 g/mol. The van der Waals surface area contributed by atoms with Gasteiger partial charge in [-0.05, 0) is 19.1 Å². The fourth-order valence-corrected chi connectivity index (χ4v) is 1.92. The highest BCUT2D eigenvalue weighted by Gasteiger charge is 2.15. The second kappa shape index (κ2) is 6.87. The summed E-state index contributed by atoms with van der Waals surface area (Å²) in [5.74, 6) is 1.31. The van der Waals surface area contributed by atoms with Crippen molar-refractivity contribution in [1.82, 2.24) is 0 Å². The monoisotopic (exact) mass is 267 g/mol. The van der Waals surface area contributed by atoms with Gasteiger partial charge in [0.15, 0.2) is 0 Å². The van der Waals surface area contributed by atoms with Gasteiger partial charge in [0, 0.05) is 19.2 Å². The first-order chi connectivity index (χ1) is 9.04. The molecule has 0 N–H and O–H groups in total. The minimum atomic E-state index is -0.226. The number of ether oxygens (including phenoxy) is 3. The van der Waals surface area contributed by atoms with E-state index in [2.05, 4.69) is 4.74 Å². The molecule has 0 radical (unpaired) electrons. The van der Waals surface area contributed by atoms with Gasteiger partial charge in [-0.3, -0.25) is 4.79 Å². The number of hydrogen-bond acceptors (Lipinski definition) is 5. The smallest absolute Gasteiger partial charge is 0.307 e. The summed E-state index contributed by atoms with van der Waals surface area (Å²) in [7, 11) is 6.55. The van der Waals surface area contributed by atoms with Crippen LogP contribution in [0, 0.1) is 6.92 Å². The predicted octanol–water partition coefficient (Wildman–Crippen LogP) is 2.01. The number of carbonyl (C=O) groups excluding carboxylic acids is 1. The molecule has 0 aliphatic rings. The number of rotatable bonds is 6. The molecule has 5 nitrogen and oxygen atoms in total. The molecule has 0 aliphatic heterocycles. The maximum absolute atomic E-state index is 11.2. The Hall–Kier alpha value is -1.91. The number of hydrogen-bond donors (Lipinski definition) is 0. The van der Waals surface area contributed by atoms with Gasteiger partial charge in [0.2, 0.25) is 0 Å². The summed E-state index contributed by atoms with van der Waals surface area (Å²) in [6, 6.07) is 3.81. The van der Waals surface area contributed by atoms with Crippen LogP contribution in [0.1, 0.15) is 12.0 Å². The molecule has 0 aliphatic carbocycles. The summed E-state index contributed by atoms with van der Waals surface area (Å²) >= 11 is 0. The molecule has 0 bridgehead atoms. The Morgan fingerprint density at radius 1 is 1.21 bits per heavy atom. The van der Waals surface area contributed by atoms with Gasteiger partial charge in [-0.15, -0.1) is 0 Å². The van der Waals surface area contributed by atoms with Gasteiger partial charge in [0.05, 0.1) is 33.4 Å². The van der Waals surface area contributed by atoms with E-state index in [1.165, 1.54) is 7.11 Å². The summed E-state index contributed by atoms with van der Waals surface area (Å²) < 4.78 is 15.3. The third kappa shape index (κ3) is 3.53. The van der Waals surface area contributed by atoms with Crippen molar-refractivity contribution in [3.8, 4) is 11.5 Å². The number of benzene rings is 1. The van der Waals surface area contributed by atoms with Crippen LogP contribution < -0.4 is 14.4 Å². The zero-order chi connectivity index (χ0) is 14.4. The van der Waals surface area contributed by atoms with Gasteiger partial charge in [-0.1, -0.05) is 0 Å². The summed E-state index contributed by atoms with van der Waals surface area (Å²) in [5, 5.41) is 0. The van der Waals surface area contributed by atoms with E-state index in [0.717, 1.165) is 22.7 Å². The number of anilines is 1. The van der Waals surface area contributed by atoms with Crippen LogP contribution in [0.3, 0.4) is 0 Å². The Labute approximate surface area is 114 Å². The Balaban J connectivity index is 2.93. The zero-order valence-corrected chi connectivity index (χ0v) is 12.1. The van der Waals surface area contributed by atoms with Gasteiger partial charge in [-0.2, -0.15) is 0 Å².